The Hall–Kier alpha value is -0.900. The SMILES string of the molecule is CC[C@H](/C=C/[C@@H](C)[C@H]1CC[C@H]2C34C=CC5(C[C@@H](O)CC[C@]5(C)C3=CC[C@]12C)OO4)C(C)C. The first-order valence-electron chi connectivity index (χ1n) is 13.3. The van der Waals surface area contributed by atoms with E-state index in [1.807, 2.05) is 0 Å². The molecule has 2 saturated carbocycles. The minimum absolute atomic E-state index is 0.0736. The molecule has 0 amide bonds. The lowest BCUT2D eigenvalue weighted by molar-refractivity contribution is -0.455. The number of aliphatic hydroxyl groups is 1. The molecule has 3 nitrogen and oxygen atoms in total. The average molecular weight is 441 g/mol. The van der Waals surface area contributed by atoms with Crippen molar-refractivity contribution in [2.45, 2.75) is 104 Å². The van der Waals surface area contributed by atoms with Crippen LogP contribution in [0.15, 0.2) is 36.0 Å². The normalized spacial score (nSPS) is 49.0. The summed E-state index contributed by atoms with van der Waals surface area (Å²) in [5, 5.41) is 10.4. The van der Waals surface area contributed by atoms with Crippen molar-refractivity contribution < 1.29 is 14.9 Å². The Bertz CT molecular complexity index is 841. The van der Waals surface area contributed by atoms with Crippen molar-refractivity contribution in [1.29, 1.82) is 0 Å². The fourth-order valence-electron chi connectivity index (χ4n) is 8.58. The van der Waals surface area contributed by atoms with Gasteiger partial charge >= 0.3 is 0 Å². The number of hydrogen-bond donors (Lipinski definition) is 1. The van der Waals surface area contributed by atoms with Crippen molar-refractivity contribution in [2.24, 2.45) is 40.4 Å². The molecule has 6 rings (SSSR count). The second-order valence-electron chi connectivity index (χ2n) is 12.5. The Balaban J connectivity index is 1.47. The molecule has 6 aliphatic rings. The van der Waals surface area contributed by atoms with Crippen LogP contribution in [-0.4, -0.2) is 22.4 Å². The predicted octanol–water partition coefficient (Wildman–Crippen LogP) is 6.78. The molecule has 3 heteroatoms. The molecule has 1 saturated heterocycles. The topological polar surface area (TPSA) is 38.7 Å². The monoisotopic (exact) mass is 440 g/mol. The van der Waals surface area contributed by atoms with Crippen molar-refractivity contribution in [1.82, 2.24) is 0 Å². The largest absolute Gasteiger partial charge is 0.393 e. The first-order chi connectivity index (χ1) is 15.1. The first kappa shape index (κ1) is 22.9. The fraction of sp³-hybridized carbons (Fsp3) is 0.793. The molecule has 1 N–H and O–H groups in total. The number of fused-ring (bicyclic) bond motifs is 2. The lowest BCUT2D eigenvalue weighted by atomic mass is 9.47. The van der Waals surface area contributed by atoms with E-state index in [-0.39, 0.29) is 16.9 Å². The van der Waals surface area contributed by atoms with E-state index in [4.69, 9.17) is 9.78 Å². The maximum atomic E-state index is 10.4. The molecule has 178 valence electrons. The summed E-state index contributed by atoms with van der Waals surface area (Å²) in [6, 6.07) is 0. The number of aliphatic hydroxyl groups excluding tert-OH is 1. The maximum Gasteiger partial charge on any atom is 0.147 e. The molecule has 0 aromatic heterocycles. The van der Waals surface area contributed by atoms with Gasteiger partial charge in [0.15, 0.2) is 0 Å². The summed E-state index contributed by atoms with van der Waals surface area (Å²) in [6.07, 6.45) is 19.1. The summed E-state index contributed by atoms with van der Waals surface area (Å²) in [5.41, 5.74) is 0.653. The van der Waals surface area contributed by atoms with Gasteiger partial charge in [0.1, 0.15) is 11.2 Å². The standard InChI is InChI=1S/C29H44O3/c1-7-21(19(2)3)9-8-20(4)23-10-11-24-26(23,5)14-13-25-27(6)15-12-22(30)18-28(27)16-17-29(24,25)32-31-28/h8-9,13,16-17,19-24,30H,7,10-12,14-15,18H2,1-6H3/b9-8+/t20-,21-,22+,23-,24-,26-,27-,28?,29?/m1/s1. The molecule has 2 unspecified atom stereocenters. The third kappa shape index (κ3) is 2.89. The van der Waals surface area contributed by atoms with Crippen LogP contribution < -0.4 is 0 Å². The maximum absolute atomic E-state index is 10.4. The van der Waals surface area contributed by atoms with Gasteiger partial charge in [0.25, 0.3) is 0 Å². The Kier molecular flexibility index (Phi) is 5.40. The minimum Gasteiger partial charge on any atom is -0.393 e. The summed E-state index contributed by atoms with van der Waals surface area (Å²) in [6.45, 7) is 14.3. The van der Waals surface area contributed by atoms with Crippen LogP contribution in [0.2, 0.25) is 0 Å². The number of hydrogen-bond acceptors (Lipinski definition) is 3. The molecule has 0 aromatic carbocycles. The highest BCUT2D eigenvalue weighted by Gasteiger charge is 2.71. The smallest absolute Gasteiger partial charge is 0.147 e. The summed E-state index contributed by atoms with van der Waals surface area (Å²) >= 11 is 0. The molecule has 2 spiro atoms. The van der Waals surface area contributed by atoms with Crippen LogP contribution in [0, 0.1) is 40.4 Å². The molecule has 0 radical (unpaired) electrons. The average Bonchev–Trinajstić information content (AvgIpc) is 3.12. The lowest BCUT2D eigenvalue weighted by Crippen LogP contribution is -2.69. The summed E-state index contributed by atoms with van der Waals surface area (Å²) in [7, 11) is 0. The van der Waals surface area contributed by atoms with E-state index in [9.17, 15) is 5.11 Å². The van der Waals surface area contributed by atoms with Crippen LogP contribution in [-0.2, 0) is 9.78 Å². The Morgan fingerprint density at radius 1 is 1.09 bits per heavy atom. The molecule has 3 fully saturated rings. The Labute approximate surface area is 195 Å². The van der Waals surface area contributed by atoms with Gasteiger partial charge in [-0.2, -0.15) is 0 Å². The molecular weight excluding hydrogens is 396 g/mol. The molecule has 2 aliphatic heterocycles. The zero-order valence-electron chi connectivity index (χ0n) is 21.1. The van der Waals surface area contributed by atoms with Gasteiger partial charge in [0, 0.05) is 17.8 Å². The van der Waals surface area contributed by atoms with Gasteiger partial charge in [-0.1, -0.05) is 59.8 Å². The van der Waals surface area contributed by atoms with Crippen LogP contribution in [0.5, 0.6) is 0 Å². The fourth-order valence-corrected chi connectivity index (χ4v) is 8.58. The summed E-state index contributed by atoms with van der Waals surface area (Å²) in [4.78, 5) is 12.7. The van der Waals surface area contributed by atoms with Gasteiger partial charge in [-0.25, -0.2) is 9.78 Å². The van der Waals surface area contributed by atoms with Crippen LogP contribution in [0.1, 0.15) is 86.5 Å². The Morgan fingerprint density at radius 3 is 2.53 bits per heavy atom. The summed E-state index contributed by atoms with van der Waals surface area (Å²) in [5.74, 6) is 3.05. The van der Waals surface area contributed by atoms with E-state index in [2.05, 4.69) is 71.9 Å². The van der Waals surface area contributed by atoms with E-state index in [1.165, 1.54) is 24.8 Å². The molecule has 9 atom stereocenters. The van der Waals surface area contributed by atoms with E-state index in [1.54, 1.807) is 0 Å². The van der Waals surface area contributed by atoms with Crippen molar-refractivity contribution in [2.75, 3.05) is 0 Å². The molecule has 2 bridgehead atoms. The van der Waals surface area contributed by atoms with Crippen LogP contribution >= 0.6 is 0 Å². The minimum atomic E-state index is -0.508. The van der Waals surface area contributed by atoms with Gasteiger partial charge in [0.2, 0.25) is 0 Å². The zero-order valence-corrected chi connectivity index (χ0v) is 21.1. The molecular formula is C29H44O3. The number of allylic oxidation sites excluding steroid dienone is 3. The Morgan fingerprint density at radius 2 is 1.88 bits per heavy atom. The van der Waals surface area contributed by atoms with E-state index >= 15 is 0 Å². The van der Waals surface area contributed by atoms with Crippen molar-refractivity contribution in [3.8, 4) is 0 Å². The number of rotatable bonds is 5. The highest BCUT2D eigenvalue weighted by Crippen LogP contribution is 2.71. The van der Waals surface area contributed by atoms with Crippen molar-refractivity contribution in [3.63, 3.8) is 0 Å². The van der Waals surface area contributed by atoms with E-state index < -0.39 is 11.2 Å². The van der Waals surface area contributed by atoms with Gasteiger partial charge in [-0.05, 0) is 85.3 Å². The van der Waals surface area contributed by atoms with Crippen molar-refractivity contribution >= 4 is 0 Å². The highest BCUT2D eigenvalue weighted by molar-refractivity contribution is 5.48. The van der Waals surface area contributed by atoms with Gasteiger partial charge < -0.3 is 5.11 Å². The quantitative estimate of drug-likeness (QED) is 0.378. The van der Waals surface area contributed by atoms with Gasteiger partial charge in [-0.3, -0.25) is 0 Å². The van der Waals surface area contributed by atoms with Crippen molar-refractivity contribution in [3.05, 3.63) is 36.0 Å². The molecule has 32 heavy (non-hydrogen) atoms. The zero-order chi connectivity index (χ0) is 22.9. The van der Waals surface area contributed by atoms with Crippen LogP contribution in [0.3, 0.4) is 0 Å². The van der Waals surface area contributed by atoms with Gasteiger partial charge in [-0.15, -0.1) is 0 Å². The third-order valence-corrected chi connectivity index (χ3v) is 10.7. The van der Waals surface area contributed by atoms with E-state index in [0.717, 1.165) is 19.3 Å². The van der Waals surface area contributed by atoms with Crippen LogP contribution in [0.25, 0.3) is 0 Å². The third-order valence-electron chi connectivity index (χ3n) is 10.7. The molecule has 4 aliphatic carbocycles. The molecule has 2 heterocycles. The van der Waals surface area contributed by atoms with Crippen LogP contribution in [0.4, 0.5) is 0 Å². The van der Waals surface area contributed by atoms with E-state index in [0.29, 0.717) is 36.0 Å². The second kappa shape index (κ2) is 7.55. The second-order valence-corrected chi connectivity index (χ2v) is 12.5. The highest BCUT2D eigenvalue weighted by atomic mass is 17.2. The first-order valence-corrected chi connectivity index (χ1v) is 13.3. The predicted molar refractivity (Wildman–Crippen MR) is 129 cm³/mol. The lowest BCUT2D eigenvalue weighted by Gasteiger charge is -2.66. The van der Waals surface area contributed by atoms with Gasteiger partial charge in [0.05, 0.1) is 6.10 Å². The molecule has 0 aromatic rings. The summed E-state index contributed by atoms with van der Waals surface area (Å²) < 4.78 is 0.